The molecule has 0 aliphatic rings. The van der Waals surface area contributed by atoms with E-state index < -0.39 is 0 Å². The summed E-state index contributed by atoms with van der Waals surface area (Å²) in [6.45, 7) is 5.89. The van der Waals surface area contributed by atoms with E-state index in [0.717, 1.165) is 12.2 Å². The fourth-order valence-electron chi connectivity index (χ4n) is 1.74. The SMILES string of the molecule is CC(C)CNCc1ccn(-c2cc(Cl)ccc2F)n1. The Labute approximate surface area is 117 Å². The number of nitrogens with zero attached hydrogens (tertiary/aromatic N) is 2. The van der Waals surface area contributed by atoms with E-state index in [1.165, 1.54) is 16.8 Å². The second-order valence-corrected chi connectivity index (χ2v) is 5.31. The summed E-state index contributed by atoms with van der Waals surface area (Å²) >= 11 is 5.87. The molecule has 0 unspecified atom stereocenters. The van der Waals surface area contributed by atoms with Crippen LogP contribution >= 0.6 is 11.6 Å². The molecule has 2 aromatic rings. The Bertz CT molecular complexity index is 551. The van der Waals surface area contributed by atoms with Gasteiger partial charge in [-0.05, 0) is 36.7 Å². The molecule has 0 atom stereocenters. The average molecular weight is 282 g/mol. The molecule has 102 valence electrons. The highest BCUT2D eigenvalue weighted by molar-refractivity contribution is 6.30. The Morgan fingerprint density at radius 3 is 2.89 bits per heavy atom. The average Bonchev–Trinajstić information content (AvgIpc) is 2.80. The number of nitrogens with one attached hydrogen (secondary N) is 1. The summed E-state index contributed by atoms with van der Waals surface area (Å²) in [6.07, 6.45) is 1.74. The number of halogens is 2. The Hall–Kier alpha value is -1.39. The molecule has 19 heavy (non-hydrogen) atoms. The lowest BCUT2D eigenvalue weighted by Gasteiger charge is -2.06. The summed E-state index contributed by atoms with van der Waals surface area (Å²) in [5.74, 6) is 0.252. The first kappa shape index (κ1) is 14.0. The van der Waals surface area contributed by atoms with E-state index in [1.54, 1.807) is 12.3 Å². The zero-order valence-electron chi connectivity index (χ0n) is 11.0. The molecule has 1 aromatic heterocycles. The van der Waals surface area contributed by atoms with Crippen LogP contribution in [-0.4, -0.2) is 16.3 Å². The summed E-state index contributed by atoms with van der Waals surface area (Å²) in [7, 11) is 0. The zero-order valence-corrected chi connectivity index (χ0v) is 11.8. The van der Waals surface area contributed by atoms with E-state index in [-0.39, 0.29) is 5.82 Å². The standard InChI is InChI=1S/C14H17ClFN3/c1-10(2)8-17-9-12-5-6-19(18-12)14-7-11(15)3-4-13(14)16/h3-7,10,17H,8-9H2,1-2H3. The van der Waals surface area contributed by atoms with Gasteiger partial charge in [-0.3, -0.25) is 0 Å². The third-order valence-electron chi connectivity index (χ3n) is 2.66. The van der Waals surface area contributed by atoms with Gasteiger partial charge in [-0.25, -0.2) is 9.07 Å². The van der Waals surface area contributed by atoms with Crippen LogP contribution in [0, 0.1) is 11.7 Å². The van der Waals surface area contributed by atoms with Gasteiger partial charge in [0.05, 0.1) is 5.69 Å². The molecule has 0 bridgehead atoms. The van der Waals surface area contributed by atoms with E-state index in [0.29, 0.717) is 23.2 Å². The van der Waals surface area contributed by atoms with Crippen molar-refractivity contribution in [3.63, 3.8) is 0 Å². The number of benzene rings is 1. The highest BCUT2D eigenvalue weighted by Crippen LogP contribution is 2.18. The Kier molecular flexibility index (Phi) is 4.56. The quantitative estimate of drug-likeness (QED) is 0.910. The number of aromatic nitrogens is 2. The minimum absolute atomic E-state index is 0.339. The van der Waals surface area contributed by atoms with Crippen molar-refractivity contribution in [1.29, 1.82) is 0 Å². The molecule has 5 heteroatoms. The third kappa shape index (κ3) is 3.78. The predicted molar refractivity (Wildman–Crippen MR) is 75.1 cm³/mol. The summed E-state index contributed by atoms with van der Waals surface area (Å²) in [6, 6.07) is 6.30. The first-order valence-corrected chi connectivity index (χ1v) is 6.64. The number of hydrogen-bond acceptors (Lipinski definition) is 2. The molecule has 1 N–H and O–H groups in total. The van der Waals surface area contributed by atoms with Gasteiger partial charge in [-0.1, -0.05) is 25.4 Å². The van der Waals surface area contributed by atoms with Gasteiger partial charge in [0.1, 0.15) is 11.5 Å². The molecule has 0 aliphatic heterocycles. The second-order valence-electron chi connectivity index (χ2n) is 4.87. The van der Waals surface area contributed by atoms with Crippen LogP contribution in [0.15, 0.2) is 30.5 Å². The monoisotopic (exact) mass is 281 g/mol. The molecule has 0 spiro atoms. The van der Waals surface area contributed by atoms with E-state index in [2.05, 4.69) is 24.3 Å². The molecule has 1 aromatic carbocycles. The zero-order chi connectivity index (χ0) is 13.8. The van der Waals surface area contributed by atoms with Crippen molar-refractivity contribution in [2.24, 2.45) is 5.92 Å². The summed E-state index contributed by atoms with van der Waals surface area (Å²) in [4.78, 5) is 0. The van der Waals surface area contributed by atoms with Crippen LogP contribution in [0.3, 0.4) is 0 Å². The van der Waals surface area contributed by atoms with Gasteiger partial charge >= 0.3 is 0 Å². The van der Waals surface area contributed by atoms with Crippen LogP contribution in [0.4, 0.5) is 4.39 Å². The van der Waals surface area contributed by atoms with Crippen LogP contribution in [0.25, 0.3) is 5.69 Å². The maximum Gasteiger partial charge on any atom is 0.148 e. The van der Waals surface area contributed by atoms with Crippen molar-refractivity contribution >= 4 is 11.6 Å². The lowest BCUT2D eigenvalue weighted by molar-refractivity contribution is 0.545. The van der Waals surface area contributed by atoms with Gasteiger partial charge in [-0.2, -0.15) is 5.10 Å². The highest BCUT2D eigenvalue weighted by atomic mass is 35.5. The highest BCUT2D eigenvalue weighted by Gasteiger charge is 2.07. The van der Waals surface area contributed by atoms with Crippen LogP contribution in [0.5, 0.6) is 0 Å². The minimum Gasteiger partial charge on any atom is -0.311 e. The Morgan fingerprint density at radius 2 is 2.16 bits per heavy atom. The van der Waals surface area contributed by atoms with Gasteiger partial charge in [0, 0.05) is 17.8 Å². The maximum absolute atomic E-state index is 13.7. The normalized spacial score (nSPS) is 11.2. The van der Waals surface area contributed by atoms with Gasteiger partial charge < -0.3 is 5.32 Å². The molecule has 0 fully saturated rings. The van der Waals surface area contributed by atoms with Crippen molar-refractivity contribution < 1.29 is 4.39 Å². The lowest BCUT2D eigenvalue weighted by Crippen LogP contribution is -2.19. The number of rotatable bonds is 5. The summed E-state index contributed by atoms with van der Waals surface area (Å²) in [5, 5.41) is 8.12. The molecule has 3 nitrogen and oxygen atoms in total. The predicted octanol–water partition coefficient (Wildman–Crippen LogP) is 3.41. The first-order chi connectivity index (χ1) is 9.06. The molecule has 0 saturated carbocycles. The Morgan fingerprint density at radius 1 is 1.37 bits per heavy atom. The van der Waals surface area contributed by atoms with E-state index >= 15 is 0 Å². The largest absolute Gasteiger partial charge is 0.311 e. The fraction of sp³-hybridized carbons (Fsp3) is 0.357. The summed E-state index contributed by atoms with van der Waals surface area (Å²) < 4.78 is 15.2. The molecular weight excluding hydrogens is 265 g/mol. The summed E-state index contributed by atoms with van der Waals surface area (Å²) in [5.41, 5.74) is 1.24. The molecule has 0 radical (unpaired) electrons. The van der Waals surface area contributed by atoms with Gasteiger partial charge in [0.2, 0.25) is 0 Å². The van der Waals surface area contributed by atoms with Crippen LogP contribution < -0.4 is 5.32 Å². The lowest BCUT2D eigenvalue weighted by atomic mass is 10.2. The van der Waals surface area contributed by atoms with E-state index in [1.807, 2.05) is 6.07 Å². The van der Waals surface area contributed by atoms with Crippen molar-refractivity contribution in [2.75, 3.05) is 6.54 Å². The molecule has 0 aliphatic carbocycles. The molecule has 0 saturated heterocycles. The van der Waals surface area contributed by atoms with Crippen LogP contribution in [0.2, 0.25) is 5.02 Å². The van der Waals surface area contributed by atoms with Crippen LogP contribution in [0.1, 0.15) is 19.5 Å². The minimum atomic E-state index is -0.339. The van der Waals surface area contributed by atoms with E-state index in [4.69, 9.17) is 11.6 Å². The topological polar surface area (TPSA) is 29.9 Å². The second kappa shape index (κ2) is 6.17. The molecule has 2 rings (SSSR count). The first-order valence-electron chi connectivity index (χ1n) is 6.27. The maximum atomic E-state index is 13.7. The van der Waals surface area contributed by atoms with Crippen molar-refractivity contribution in [3.05, 3.63) is 47.0 Å². The van der Waals surface area contributed by atoms with Crippen molar-refractivity contribution in [3.8, 4) is 5.69 Å². The smallest absolute Gasteiger partial charge is 0.148 e. The molecule has 1 heterocycles. The fourth-order valence-corrected chi connectivity index (χ4v) is 1.91. The van der Waals surface area contributed by atoms with Gasteiger partial charge in [0.15, 0.2) is 0 Å². The molecular formula is C14H17ClFN3. The van der Waals surface area contributed by atoms with Gasteiger partial charge in [-0.15, -0.1) is 0 Å². The Balaban J connectivity index is 2.10. The van der Waals surface area contributed by atoms with Crippen molar-refractivity contribution in [1.82, 2.24) is 15.1 Å². The van der Waals surface area contributed by atoms with Crippen LogP contribution in [-0.2, 0) is 6.54 Å². The third-order valence-corrected chi connectivity index (χ3v) is 2.89. The molecule has 0 amide bonds. The van der Waals surface area contributed by atoms with Gasteiger partial charge in [0.25, 0.3) is 0 Å². The van der Waals surface area contributed by atoms with E-state index in [9.17, 15) is 4.39 Å². The van der Waals surface area contributed by atoms with Crippen molar-refractivity contribution in [2.45, 2.75) is 20.4 Å². The number of hydrogen-bond donors (Lipinski definition) is 1.